The summed E-state index contributed by atoms with van der Waals surface area (Å²) >= 11 is 3.30. The second-order valence-corrected chi connectivity index (χ2v) is 6.24. The third-order valence-electron chi connectivity index (χ3n) is 3.47. The van der Waals surface area contributed by atoms with Crippen LogP contribution in [-0.2, 0) is 0 Å². The summed E-state index contributed by atoms with van der Waals surface area (Å²) in [7, 11) is 0. The number of aryl methyl sites for hydroxylation is 2. The number of aliphatic hydroxyl groups is 1. The second kappa shape index (κ2) is 5.96. The number of aromatic nitrogens is 3. The predicted octanol–water partition coefficient (Wildman–Crippen LogP) is 3.75. The van der Waals surface area contributed by atoms with Crippen molar-refractivity contribution in [1.82, 2.24) is 15.0 Å². The Morgan fingerprint density at radius 3 is 2.83 bits per heavy atom. The lowest BCUT2D eigenvalue weighted by molar-refractivity contribution is 0.514. The van der Waals surface area contributed by atoms with Gasteiger partial charge in [-0.05, 0) is 41.4 Å². The van der Waals surface area contributed by atoms with E-state index in [4.69, 9.17) is 0 Å². The standard InChI is InChI=1S/C17H14BrN3O2/c1-9-3-4-12(10(2)5-9)15(22)7-14-17(23)21-13-6-11(18)8-19-16(13)20-14/h3-8,22H,1-2H3,(H,21,23). The summed E-state index contributed by atoms with van der Waals surface area (Å²) in [5, 5.41) is 10.3. The van der Waals surface area contributed by atoms with E-state index in [0.717, 1.165) is 15.6 Å². The van der Waals surface area contributed by atoms with E-state index in [9.17, 15) is 9.90 Å². The lowest BCUT2D eigenvalue weighted by atomic mass is 10.0. The predicted molar refractivity (Wildman–Crippen MR) is 94.3 cm³/mol. The fourth-order valence-electron chi connectivity index (χ4n) is 2.37. The summed E-state index contributed by atoms with van der Waals surface area (Å²) in [5.41, 5.74) is 3.38. The van der Waals surface area contributed by atoms with E-state index in [1.165, 1.54) is 6.08 Å². The highest BCUT2D eigenvalue weighted by Gasteiger charge is 2.08. The minimum absolute atomic E-state index is 0.00281. The Morgan fingerprint density at radius 2 is 2.09 bits per heavy atom. The minimum atomic E-state index is -0.381. The van der Waals surface area contributed by atoms with Gasteiger partial charge in [-0.3, -0.25) is 4.79 Å². The van der Waals surface area contributed by atoms with Crippen LogP contribution in [0.5, 0.6) is 0 Å². The molecule has 1 aromatic carbocycles. The molecule has 23 heavy (non-hydrogen) atoms. The molecule has 0 saturated heterocycles. The zero-order valence-corrected chi connectivity index (χ0v) is 14.2. The van der Waals surface area contributed by atoms with Crippen molar-refractivity contribution in [2.24, 2.45) is 0 Å². The van der Waals surface area contributed by atoms with Crippen molar-refractivity contribution < 1.29 is 5.11 Å². The average molecular weight is 372 g/mol. The zero-order chi connectivity index (χ0) is 16.6. The molecule has 2 heterocycles. The average Bonchev–Trinajstić information content (AvgIpc) is 2.48. The van der Waals surface area contributed by atoms with Crippen LogP contribution in [-0.4, -0.2) is 20.1 Å². The number of pyridine rings is 1. The van der Waals surface area contributed by atoms with E-state index in [1.807, 2.05) is 32.0 Å². The summed E-state index contributed by atoms with van der Waals surface area (Å²) in [6, 6.07) is 7.43. The van der Waals surface area contributed by atoms with Crippen LogP contribution in [0.15, 0.2) is 39.7 Å². The first-order chi connectivity index (χ1) is 10.9. The topological polar surface area (TPSA) is 78.9 Å². The van der Waals surface area contributed by atoms with Gasteiger partial charge in [0.15, 0.2) is 5.65 Å². The summed E-state index contributed by atoms with van der Waals surface area (Å²) in [5.74, 6) is -0.00281. The summed E-state index contributed by atoms with van der Waals surface area (Å²) in [6.07, 6.45) is 2.96. The third-order valence-corrected chi connectivity index (χ3v) is 3.91. The molecule has 0 radical (unpaired) electrons. The Morgan fingerprint density at radius 1 is 1.30 bits per heavy atom. The van der Waals surface area contributed by atoms with Crippen molar-refractivity contribution in [3.63, 3.8) is 0 Å². The van der Waals surface area contributed by atoms with Crippen molar-refractivity contribution in [2.45, 2.75) is 13.8 Å². The van der Waals surface area contributed by atoms with Gasteiger partial charge < -0.3 is 10.1 Å². The van der Waals surface area contributed by atoms with Gasteiger partial charge in [0.1, 0.15) is 11.5 Å². The molecule has 0 saturated carbocycles. The third kappa shape index (κ3) is 3.17. The maximum Gasteiger partial charge on any atom is 0.274 e. The SMILES string of the molecule is Cc1ccc(C(O)=Cc2nc3ncc(Br)cc3[nH]c2=O)c(C)c1. The number of fused-ring (bicyclic) bond motifs is 1. The van der Waals surface area contributed by atoms with E-state index >= 15 is 0 Å². The molecule has 5 nitrogen and oxygen atoms in total. The maximum atomic E-state index is 12.1. The van der Waals surface area contributed by atoms with Gasteiger partial charge in [-0.1, -0.05) is 23.8 Å². The van der Waals surface area contributed by atoms with E-state index in [2.05, 4.69) is 30.9 Å². The zero-order valence-electron chi connectivity index (χ0n) is 12.6. The number of halogens is 1. The molecule has 0 bridgehead atoms. The van der Waals surface area contributed by atoms with E-state index in [1.54, 1.807) is 12.3 Å². The fraction of sp³-hybridized carbons (Fsp3) is 0.118. The molecule has 116 valence electrons. The number of hydrogen-bond donors (Lipinski definition) is 2. The molecule has 0 unspecified atom stereocenters. The second-order valence-electron chi connectivity index (χ2n) is 5.32. The van der Waals surface area contributed by atoms with Crippen LogP contribution < -0.4 is 5.56 Å². The Balaban J connectivity index is 2.11. The summed E-state index contributed by atoms with van der Waals surface area (Å²) in [6.45, 7) is 3.89. The lowest BCUT2D eigenvalue weighted by Crippen LogP contribution is -2.12. The van der Waals surface area contributed by atoms with Gasteiger partial charge >= 0.3 is 0 Å². The largest absolute Gasteiger partial charge is 0.507 e. The molecule has 0 fully saturated rings. The normalized spacial score (nSPS) is 11.9. The molecule has 3 rings (SSSR count). The Labute approximate surface area is 140 Å². The number of hydrogen-bond acceptors (Lipinski definition) is 4. The van der Waals surface area contributed by atoms with Crippen LogP contribution in [0.2, 0.25) is 0 Å². The number of rotatable bonds is 2. The fourth-order valence-corrected chi connectivity index (χ4v) is 2.70. The first kappa shape index (κ1) is 15.4. The van der Waals surface area contributed by atoms with Gasteiger partial charge in [-0.25, -0.2) is 9.97 Å². The first-order valence-electron chi connectivity index (χ1n) is 6.98. The number of benzene rings is 1. The highest BCUT2D eigenvalue weighted by Crippen LogP contribution is 2.20. The highest BCUT2D eigenvalue weighted by atomic mass is 79.9. The van der Waals surface area contributed by atoms with Crippen molar-refractivity contribution >= 4 is 38.9 Å². The van der Waals surface area contributed by atoms with Gasteiger partial charge in [0, 0.05) is 22.3 Å². The van der Waals surface area contributed by atoms with Crippen molar-refractivity contribution in [3.05, 3.63) is 67.7 Å². The molecule has 0 aliphatic carbocycles. The molecular formula is C17H14BrN3O2. The van der Waals surface area contributed by atoms with Gasteiger partial charge in [-0.15, -0.1) is 0 Å². The summed E-state index contributed by atoms with van der Waals surface area (Å²) in [4.78, 5) is 23.2. The summed E-state index contributed by atoms with van der Waals surface area (Å²) < 4.78 is 0.754. The Kier molecular flexibility index (Phi) is 4.00. The van der Waals surface area contributed by atoms with Gasteiger partial charge in [0.2, 0.25) is 0 Å². The monoisotopic (exact) mass is 371 g/mol. The first-order valence-corrected chi connectivity index (χ1v) is 7.77. The van der Waals surface area contributed by atoms with E-state index in [0.29, 0.717) is 16.7 Å². The Bertz CT molecular complexity index is 993. The van der Waals surface area contributed by atoms with Crippen LogP contribution in [0, 0.1) is 13.8 Å². The molecule has 3 aromatic rings. The molecule has 0 aliphatic heterocycles. The smallest absolute Gasteiger partial charge is 0.274 e. The number of nitrogens with one attached hydrogen (secondary N) is 1. The van der Waals surface area contributed by atoms with Crippen LogP contribution in [0.4, 0.5) is 0 Å². The maximum absolute atomic E-state index is 12.1. The van der Waals surface area contributed by atoms with Crippen LogP contribution >= 0.6 is 15.9 Å². The quantitative estimate of drug-likeness (QED) is 0.672. The highest BCUT2D eigenvalue weighted by molar-refractivity contribution is 9.10. The number of aromatic amines is 1. The Hall–Kier alpha value is -2.47. The van der Waals surface area contributed by atoms with Gasteiger partial charge in [0.05, 0.1) is 5.52 Å². The molecular weight excluding hydrogens is 358 g/mol. The van der Waals surface area contributed by atoms with E-state index in [-0.39, 0.29) is 17.0 Å². The molecule has 6 heteroatoms. The lowest BCUT2D eigenvalue weighted by Gasteiger charge is -2.06. The van der Waals surface area contributed by atoms with E-state index < -0.39 is 0 Å². The molecule has 0 atom stereocenters. The molecule has 2 N–H and O–H groups in total. The number of nitrogens with zero attached hydrogens (tertiary/aromatic N) is 2. The van der Waals surface area contributed by atoms with Gasteiger partial charge in [0.25, 0.3) is 5.56 Å². The van der Waals surface area contributed by atoms with Crippen molar-refractivity contribution in [3.8, 4) is 0 Å². The number of aliphatic hydroxyl groups excluding tert-OH is 1. The molecule has 0 spiro atoms. The van der Waals surface area contributed by atoms with Crippen LogP contribution in [0.25, 0.3) is 23.0 Å². The van der Waals surface area contributed by atoms with Crippen molar-refractivity contribution in [2.75, 3.05) is 0 Å². The number of H-pyrrole nitrogens is 1. The van der Waals surface area contributed by atoms with Gasteiger partial charge in [-0.2, -0.15) is 0 Å². The van der Waals surface area contributed by atoms with Crippen molar-refractivity contribution in [1.29, 1.82) is 0 Å². The molecule has 2 aromatic heterocycles. The molecule has 0 aliphatic rings. The van der Waals surface area contributed by atoms with Crippen LogP contribution in [0.1, 0.15) is 22.4 Å². The van der Waals surface area contributed by atoms with Crippen LogP contribution in [0.3, 0.4) is 0 Å². The minimum Gasteiger partial charge on any atom is -0.507 e. The molecule has 0 amide bonds.